The van der Waals surface area contributed by atoms with Gasteiger partial charge in [0.1, 0.15) is 0 Å². The molecule has 0 unspecified atom stereocenters. The van der Waals surface area contributed by atoms with Gasteiger partial charge in [0.15, 0.2) is 0 Å². The van der Waals surface area contributed by atoms with Crippen LogP contribution in [0.4, 0.5) is 0 Å². The first-order valence-corrected chi connectivity index (χ1v) is 10.1. The van der Waals surface area contributed by atoms with Gasteiger partial charge < -0.3 is 10.2 Å². The number of pyridine rings is 1. The van der Waals surface area contributed by atoms with Gasteiger partial charge in [-0.05, 0) is 30.0 Å². The number of aromatic nitrogens is 1. The van der Waals surface area contributed by atoms with Crippen LogP contribution in [0.5, 0.6) is 0 Å². The van der Waals surface area contributed by atoms with Gasteiger partial charge in [0, 0.05) is 37.1 Å². The molecule has 1 N–H and O–H groups in total. The minimum absolute atomic E-state index is 0.0259. The molecule has 1 aliphatic rings. The van der Waals surface area contributed by atoms with Crippen molar-refractivity contribution in [2.75, 3.05) is 13.1 Å². The number of amides is 2. The largest absolute Gasteiger partial charge is 0.352 e. The van der Waals surface area contributed by atoms with Crippen molar-refractivity contribution in [1.82, 2.24) is 15.2 Å². The number of rotatable bonds is 5. The molecule has 0 atom stereocenters. The van der Waals surface area contributed by atoms with Crippen molar-refractivity contribution >= 4 is 22.7 Å². The molecule has 148 valence electrons. The molecule has 2 aromatic carbocycles. The summed E-state index contributed by atoms with van der Waals surface area (Å²) in [5, 5.41) is 4.07. The van der Waals surface area contributed by atoms with Crippen molar-refractivity contribution in [1.29, 1.82) is 0 Å². The van der Waals surface area contributed by atoms with Crippen molar-refractivity contribution in [2.24, 2.45) is 5.92 Å². The molecule has 2 amide bonds. The van der Waals surface area contributed by atoms with Crippen LogP contribution in [0.15, 0.2) is 66.9 Å². The molecule has 1 fully saturated rings. The highest BCUT2D eigenvalue weighted by atomic mass is 16.2. The molecule has 5 heteroatoms. The van der Waals surface area contributed by atoms with Gasteiger partial charge in [-0.15, -0.1) is 0 Å². The van der Waals surface area contributed by atoms with Crippen LogP contribution in [0.2, 0.25) is 0 Å². The zero-order valence-electron chi connectivity index (χ0n) is 16.4. The minimum Gasteiger partial charge on any atom is -0.352 e. The maximum absolute atomic E-state index is 12.8. The van der Waals surface area contributed by atoms with Crippen molar-refractivity contribution in [3.8, 4) is 0 Å². The Labute approximate surface area is 170 Å². The zero-order valence-corrected chi connectivity index (χ0v) is 16.4. The summed E-state index contributed by atoms with van der Waals surface area (Å²) in [5.41, 5.74) is 2.94. The molecule has 0 aliphatic carbocycles. The lowest BCUT2D eigenvalue weighted by Gasteiger charge is -2.31. The highest BCUT2D eigenvalue weighted by Gasteiger charge is 2.27. The molecule has 1 saturated heterocycles. The fraction of sp³-hybridized carbons (Fsp3) is 0.292. The molecule has 0 bridgehead atoms. The number of carbonyl (C=O) groups excluding carboxylic acids is 2. The Hall–Kier alpha value is -3.21. The molecule has 2 heterocycles. The van der Waals surface area contributed by atoms with E-state index in [9.17, 15) is 9.59 Å². The summed E-state index contributed by atoms with van der Waals surface area (Å²) >= 11 is 0. The topological polar surface area (TPSA) is 62.3 Å². The normalized spacial score (nSPS) is 14.7. The number of para-hydroxylation sites is 1. The van der Waals surface area contributed by atoms with Crippen LogP contribution in [-0.4, -0.2) is 34.8 Å². The maximum Gasteiger partial charge on any atom is 0.227 e. The van der Waals surface area contributed by atoms with E-state index in [1.165, 1.54) is 0 Å². The Bertz CT molecular complexity index is 990. The third kappa shape index (κ3) is 4.62. The quantitative estimate of drug-likeness (QED) is 0.730. The van der Waals surface area contributed by atoms with E-state index < -0.39 is 0 Å². The average molecular weight is 387 g/mol. The van der Waals surface area contributed by atoms with Gasteiger partial charge in [-0.3, -0.25) is 14.6 Å². The molecule has 1 aromatic heterocycles. The number of nitrogens with one attached hydrogen (secondary N) is 1. The summed E-state index contributed by atoms with van der Waals surface area (Å²) in [6.07, 6.45) is 3.52. The molecule has 1 aliphatic heterocycles. The molecule has 0 saturated carbocycles. The molecule has 0 radical (unpaired) electrons. The summed E-state index contributed by atoms with van der Waals surface area (Å²) in [4.78, 5) is 31.6. The number of nitrogens with zero attached hydrogens (tertiary/aromatic N) is 2. The Kier molecular flexibility index (Phi) is 5.84. The van der Waals surface area contributed by atoms with Gasteiger partial charge in [0.05, 0.1) is 11.9 Å². The van der Waals surface area contributed by atoms with E-state index in [0.29, 0.717) is 38.9 Å². The second-order valence-corrected chi connectivity index (χ2v) is 7.53. The number of fused-ring (bicyclic) bond motifs is 1. The predicted molar refractivity (Wildman–Crippen MR) is 113 cm³/mol. The third-order valence-electron chi connectivity index (χ3n) is 5.59. The van der Waals surface area contributed by atoms with Gasteiger partial charge in [0.25, 0.3) is 0 Å². The smallest absolute Gasteiger partial charge is 0.227 e. The fourth-order valence-electron chi connectivity index (χ4n) is 3.91. The van der Waals surface area contributed by atoms with Crippen LogP contribution >= 0.6 is 0 Å². The highest BCUT2D eigenvalue weighted by Crippen LogP contribution is 2.21. The van der Waals surface area contributed by atoms with Crippen molar-refractivity contribution in [3.05, 3.63) is 78.0 Å². The maximum atomic E-state index is 12.8. The van der Waals surface area contributed by atoms with E-state index in [0.717, 1.165) is 22.0 Å². The summed E-state index contributed by atoms with van der Waals surface area (Å²) in [5.74, 6) is 0.160. The minimum atomic E-state index is -0.0259. The molecule has 5 nitrogen and oxygen atoms in total. The lowest BCUT2D eigenvalue weighted by atomic mass is 9.95. The molecular formula is C24H25N3O2. The van der Waals surface area contributed by atoms with Gasteiger partial charge in [-0.2, -0.15) is 0 Å². The number of carbonyl (C=O) groups is 2. The van der Waals surface area contributed by atoms with Crippen LogP contribution in [-0.2, 0) is 22.6 Å². The number of piperidine rings is 1. The average Bonchev–Trinajstić information content (AvgIpc) is 2.78. The molecule has 4 rings (SSSR count). The van der Waals surface area contributed by atoms with Gasteiger partial charge >= 0.3 is 0 Å². The van der Waals surface area contributed by atoms with Crippen LogP contribution < -0.4 is 5.32 Å². The van der Waals surface area contributed by atoms with Crippen LogP contribution in [0.3, 0.4) is 0 Å². The highest BCUT2D eigenvalue weighted by molar-refractivity contribution is 5.87. The van der Waals surface area contributed by atoms with E-state index >= 15 is 0 Å². The Morgan fingerprint density at radius 3 is 2.52 bits per heavy atom. The number of hydrogen-bond acceptors (Lipinski definition) is 3. The number of likely N-dealkylation sites (tertiary alicyclic amines) is 1. The second-order valence-electron chi connectivity index (χ2n) is 7.53. The van der Waals surface area contributed by atoms with E-state index in [1.54, 1.807) is 6.20 Å². The lowest BCUT2D eigenvalue weighted by molar-refractivity contribution is -0.135. The van der Waals surface area contributed by atoms with E-state index in [-0.39, 0.29) is 17.7 Å². The number of benzene rings is 2. The van der Waals surface area contributed by atoms with E-state index in [1.807, 2.05) is 65.6 Å². The van der Waals surface area contributed by atoms with Crippen molar-refractivity contribution in [3.63, 3.8) is 0 Å². The predicted octanol–water partition coefficient (Wildman–Crippen LogP) is 3.33. The van der Waals surface area contributed by atoms with Crippen molar-refractivity contribution in [2.45, 2.75) is 25.8 Å². The summed E-state index contributed by atoms with van der Waals surface area (Å²) in [6, 6.07) is 19.8. The van der Waals surface area contributed by atoms with Gasteiger partial charge in [-0.1, -0.05) is 54.6 Å². The molecule has 29 heavy (non-hydrogen) atoms. The first kappa shape index (κ1) is 19.1. The van der Waals surface area contributed by atoms with Crippen LogP contribution in [0.1, 0.15) is 24.0 Å². The summed E-state index contributed by atoms with van der Waals surface area (Å²) < 4.78 is 0. The first-order chi connectivity index (χ1) is 14.2. The molecule has 0 spiro atoms. The third-order valence-corrected chi connectivity index (χ3v) is 5.59. The van der Waals surface area contributed by atoms with Gasteiger partial charge in [-0.25, -0.2) is 0 Å². The zero-order chi connectivity index (χ0) is 20.1. The Morgan fingerprint density at radius 2 is 1.72 bits per heavy atom. The fourth-order valence-corrected chi connectivity index (χ4v) is 3.91. The molecule has 3 aromatic rings. The van der Waals surface area contributed by atoms with Gasteiger partial charge in [0.2, 0.25) is 11.8 Å². The molecular weight excluding hydrogens is 362 g/mol. The van der Waals surface area contributed by atoms with Crippen molar-refractivity contribution < 1.29 is 9.59 Å². The monoisotopic (exact) mass is 387 g/mol. The second kappa shape index (κ2) is 8.86. The first-order valence-electron chi connectivity index (χ1n) is 10.1. The Morgan fingerprint density at radius 1 is 0.966 bits per heavy atom. The van der Waals surface area contributed by atoms with E-state index in [2.05, 4.69) is 10.3 Å². The number of hydrogen-bond donors (Lipinski definition) is 1. The Balaban J connectivity index is 1.30. The SMILES string of the molecule is O=C(NCc1ccccc1)C1CCN(C(=O)Cc2cccc3cccnc23)CC1. The van der Waals surface area contributed by atoms with Crippen LogP contribution in [0.25, 0.3) is 10.9 Å². The summed E-state index contributed by atoms with van der Waals surface area (Å²) in [6.45, 7) is 1.80. The standard InChI is InChI=1S/C24H25N3O2/c28-22(16-21-9-4-8-19-10-5-13-25-23(19)21)27-14-11-20(12-15-27)24(29)26-17-18-6-2-1-3-7-18/h1-10,13,20H,11-12,14-17H2,(H,26,29). The van der Waals surface area contributed by atoms with E-state index in [4.69, 9.17) is 0 Å². The summed E-state index contributed by atoms with van der Waals surface area (Å²) in [7, 11) is 0. The van der Waals surface area contributed by atoms with Crippen LogP contribution in [0, 0.1) is 5.92 Å². The lowest BCUT2D eigenvalue weighted by Crippen LogP contribution is -2.43.